The van der Waals surface area contributed by atoms with E-state index in [9.17, 15) is 5.11 Å². The third kappa shape index (κ3) is 5.87. The van der Waals surface area contributed by atoms with Gasteiger partial charge in [-0.2, -0.15) is 0 Å². The van der Waals surface area contributed by atoms with Gasteiger partial charge in [0.15, 0.2) is 17.5 Å². The predicted molar refractivity (Wildman–Crippen MR) is 113 cm³/mol. The predicted octanol–water partition coefficient (Wildman–Crippen LogP) is 2.61. The Hall–Kier alpha value is -2.74. The fraction of sp³-hybridized carbons (Fsp3) is 0.524. The van der Waals surface area contributed by atoms with Crippen molar-refractivity contribution in [3.63, 3.8) is 0 Å². The Labute approximate surface area is 172 Å². The summed E-state index contributed by atoms with van der Waals surface area (Å²) in [5, 5.41) is 21.1. The van der Waals surface area contributed by atoms with Crippen LogP contribution in [0, 0.1) is 0 Å². The smallest absolute Gasteiger partial charge is 0.191 e. The van der Waals surface area contributed by atoms with Gasteiger partial charge in [-0.1, -0.05) is 25.1 Å². The van der Waals surface area contributed by atoms with Crippen LogP contribution >= 0.6 is 0 Å². The second-order valence-corrected chi connectivity index (χ2v) is 6.44. The number of aliphatic hydroxyl groups is 1. The van der Waals surface area contributed by atoms with E-state index in [0.717, 1.165) is 35.4 Å². The SMILES string of the molecule is CCNC(=NCc1c(CC)noc1CC)NCC(O)c1ccc(OC)c(OC)c1. The Morgan fingerprint density at radius 3 is 2.52 bits per heavy atom. The van der Waals surface area contributed by atoms with E-state index in [1.165, 1.54) is 0 Å². The first kappa shape index (κ1) is 22.5. The number of ether oxygens (including phenoxy) is 2. The lowest BCUT2D eigenvalue weighted by Gasteiger charge is -2.17. The number of methoxy groups -OCH3 is 2. The molecule has 0 saturated carbocycles. The standard InChI is InChI=1S/C21H32N4O4/c1-6-16-15(18(7-2)29-25-16)12-23-21(22-8-3)24-13-17(26)14-9-10-19(27-4)20(11-14)28-5/h9-11,17,26H,6-8,12-13H2,1-5H3,(H2,22,23,24). The van der Waals surface area contributed by atoms with E-state index in [1.54, 1.807) is 26.4 Å². The van der Waals surface area contributed by atoms with Gasteiger partial charge in [0.2, 0.25) is 0 Å². The van der Waals surface area contributed by atoms with Crippen LogP contribution in [0.25, 0.3) is 0 Å². The average Bonchev–Trinajstić information content (AvgIpc) is 3.16. The number of hydrogen-bond acceptors (Lipinski definition) is 6. The van der Waals surface area contributed by atoms with Crippen molar-refractivity contribution in [3.05, 3.63) is 40.8 Å². The average molecular weight is 405 g/mol. The number of nitrogens with one attached hydrogen (secondary N) is 2. The van der Waals surface area contributed by atoms with E-state index in [1.807, 2.05) is 26.8 Å². The molecule has 1 atom stereocenters. The summed E-state index contributed by atoms with van der Waals surface area (Å²) < 4.78 is 16.0. The van der Waals surface area contributed by atoms with E-state index in [-0.39, 0.29) is 0 Å². The second-order valence-electron chi connectivity index (χ2n) is 6.44. The van der Waals surface area contributed by atoms with Crippen molar-refractivity contribution in [2.24, 2.45) is 4.99 Å². The molecule has 160 valence electrons. The van der Waals surface area contributed by atoms with Crippen LogP contribution in [0.15, 0.2) is 27.7 Å². The highest BCUT2D eigenvalue weighted by atomic mass is 16.5. The van der Waals surface area contributed by atoms with Crippen molar-refractivity contribution in [3.8, 4) is 11.5 Å². The number of rotatable bonds is 10. The Morgan fingerprint density at radius 2 is 1.90 bits per heavy atom. The summed E-state index contributed by atoms with van der Waals surface area (Å²) in [5.74, 6) is 2.69. The summed E-state index contributed by atoms with van der Waals surface area (Å²) in [5.41, 5.74) is 2.70. The third-order valence-corrected chi connectivity index (χ3v) is 4.60. The zero-order chi connectivity index (χ0) is 21.2. The molecule has 1 unspecified atom stereocenters. The third-order valence-electron chi connectivity index (χ3n) is 4.60. The molecule has 1 heterocycles. The van der Waals surface area contributed by atoms with Gasteiger partial charge >= 0.3 is 0 Å². The molecule has 2 rings (SSSR count). The molecule has 29 heavy (non-hydrogen) atoms. The van der Waals surface area contributed by atoms with Crippen molar-refractivity contribution < 1.29 is 19.1 Å². The van der Waals surface area contributed by atoms with E-state index in [4.69, 9.17) is 14.0 Å². The Morgan fingerprint density at radius 1 is 1.14 bits per heavy atom. The van der Waals surface area contributed by atoms with Crippen LogP contribution in [-0.4, -0.2) is 43.5 Å². The molecule has 0 aliphatic carbocycles. The molecule has 0 spiro atoms. The summed E-state index contributed by atoms with van der Waals surface area (Å²) in [6.45, 7) is 7.56. The van der Waals surface area contributed by atoms with Gasteiger partial charge in [-0.05, 0) is 31.0 Å². The van der Waals surface area contributed by atoms with E-state index < -0.39 is 6.10 Å². The minimum absolute atomic E-state index is 0.298. The van der Waals surface area contributed by atoms with Gasteiger partial charge in [0, 0.05) is 25.1 Å². The van der Waals surface area contributed by atoms with E-state index in [2.05, 4.69) is 20.8 Å². The van der Waals surface area contributed by atoms with Gasteiger partial charge in [-0.25, -0.2) is 4.99 Å². The molecular weight excluding hydrogens is 372 g/mol. The van der Waals surface area contributed by atoms with E-state index in [0.29, 0.717) is 37.1 Å². The highest BCUT2D eigenvalue weighted by molar-refractivity contribution is 5.79. The lowest BCUT2D eigenvalue weighted by Crippen LogP contribution is -2.39. The lowest BCUT2D eigenvalue weighted by molar-refractivity contribution is 0.180. The minimum atomic E-state index is -0.730. The van der Waals surface area contributed by atoms with Crippen molar-refractivity contribution in [2.45, 2.75) is 46.3 Å². The normalized spacial score (nSPS) is 12.6. The zero-order valence-electron chi connectivity index (χ0n) is 17.9. The fourth-order valence-corrected chi connectivity index (χ4v) is 2.99. The number of nitrogens with zero attached hydrogens (tertiary/aromatic N) is 2. The summed E-state index contributed by atoms with van der Waals surface area (Å²) in [6, 6.07) is 5.37. The number of aromatic nitrogens is 1. The van der Waals surface area contributed by atoms with Gasteiger partial charge in [-0.15, -0.1) is 0 Å². The number of aliphatic hydroxyl groups excluding tert-OH is 1. The molecule has 8 heteroatoms. The number of hydrogen-bond donors (Lipinski definition) is 3. The van der Waals surface area contributed by atoms with Gasteiger partial charge in [-0.3, -0.25) is 0 Å². The summed E-state index contributed by atoms with van der Waals surface area (Å²) in [6.07, 6.45) is 0.850. The molecule has 0 fully saturated rings. The summed E-state index contributed by atoms with van der Waals surface area (Å²) in [7, 11) is 3.15. The highest BCUT2D eigenvalue weighted by Crippen LogP contribution is 2.29. The molecule has 0 amide bonds. The molecule has 0 bridgehead atoms. The molecule has 0 aliphatic rings. The number of guanidine groups is 1. The zero-order valence-corrected chi connectivity index (χ0v) is 17.9. The topological polar surface area (TPSA) is 101 Å². The van der Waals surface area contributed by atoms with Crippen molar-refractivity contribution in [1.82, 2.24) is 15.8 Å². The molecule has 8 nitrogen and oxygen atoms in total. The number of aryl methyl sites for hydroxylation is 2. The largest absolute Gasteiger partial charge is 0.493 e. The van der Waals surface area contributed by atoms with Gasteiger partial charge in [0.25, 0.3) is 0 Å². The fourth-order valence-electron chi connectivity index (χ4n) is 2.99. The van der Waals surface area contributed by atoms with Crippen LogP contribution in [0.2, 0.25) is 0 Å². The summed E-state index contributed by atoms with van der Waals surface area (Å²) >= 11 is 0. The van der Waals surface area contributed by atoms with Gasteiger partial charge in [0.05, 0.1) is 32.6 Å². The first-order valence-corrected chi connectivity index (χ1v) is 9.96. The van der Waals surface area contributed by atoms with Crippen LogP contribution < -0.4 is 20.1 Å². The number of aliphatic imine (C=N–C) groups is 1. The quantitative estimate of drug-likeness (QED) is 0.413. The molecule has 0 aliphatic heterocycles. The minimum Gasteiger partial charge on any atom is -0.493 e. The highest BCUT2D eigenvalue weighted by Gasteiger charge is 2.15. The molecule has 1 aromatic carbocycles. The summed E-state index contributed by atoms with van der Waals surface area (Å²) in [4.78, 5) is 4.64. The maximum absolute atomic E-state index is 10.6. The van der Waals surface area contributed by atoms with E-state index >= 15 is 0 Å². The maximum atomic E-state index is 10.6. The molecular formula is C21H32N4O4. The first-order valence-electron chi connectivity index (χ1n) is 9.96. The molecule has 2 aromatic rings. The molecule has 0 saturated heterocycles. The Balaban J connectivity index is 2.07. The van der Waals surface area contributed by atoms with Gasteiger partial charge in [0.1, 0.15) is 5.76 Å². The van der Waals surface area contributed by atoms with Gasteiger partial charge < -0.3 is 29.7 Å². The van der Waals surface area contributed by atoms with Crippen molar-refractivity contribution >= 4 is 5.96 Å². The first-order chi connectivity index (χ1) is 14.1. The maximum Gasteiger partial charge on any atom is 0.191 e. The van der Waals surface area contributed by atoms with Crippen LogP contribution in [0.4, 0.5) is 0 Å². The Bertz CT molecular complexity index is 782. The lowest BCUT2D eigenvalue weighted by atomic mass is 10.1. The van der Waals surface area contributed by atoms with Crippen LogP contribution in [0.1, 0.15) is 49.5 Å². The molecule has 0 radical (unpaired) electrons. The number of benzene rings is 1. The second kappa shape index (κ2) is 11.3. The van der Waals surface area contributed by atoms with Crippen LogP contribution in [0.3, 0.4) is 0 Å². The molecule has 3 N–H and O–H groups in total. The Kier molecular flexibility index (Phi) is 8.79. The van der Waals surface area contributed by atoms with Crippen molar-refractivity contribution in [2.75, 3.05) is 27.3 Å². The van der Waals surface area contributed by atoms with Crippen LogP contribution in [0.5, 0.6) is 11.5 Å². The monoisotopic (exact) mass is 404 g/mol. The van der Waals surface area contributed by atoms with Crippen molar-refractivity contribution in [1.29, 1.82) is 0 Å². The molecule has 1 aromatic heterocycles. The van der Waals surface area contributed by atoms with Crippen LogP contribution in [-0.2, 0) is 19.4 Å².